The van der Waals surface area contributed by atoms with Crippen LogP contribution in [0.3, 0.4) is 0 Å². The summed E-state index contributed by atoms with van der Waals surface area (Å²) in [5.41, 5.74) is 1.54. The van der Waals surface area contributed by atoms with Crippen LogP contribution in [0.15, 0.2) is 18.2 Å². The third-order valence-electron chi connectivity index (χ3n) is 5.04. The fraction of sp³-hybridized carbons (Fsp3) is 0.562. The first-order valence-corrected chi connectivity index (χ1v) is 7.56. The van der Waals surface area contributed by atoms with E-state index >= 15 is 0 Å². The minimum atomic E-state index is -0.777. The fourth-order valence-corrected chi connectivity index (χ4v) is 2.82. The number of carbonyl (C=O) groups is 1. The fourth-order valence-electron chi connectivity index (χ4n) is 2.82. The van der Waals surface area contributed by atoms with Crippen molar-refractivity contribution in [3.63, 3.8) is 0 Å². The smallest absolute Gasteiger partial charge is 0.399 e. The van der Waals surface area contributed by atoms with Crippen LogP contribution in [-0.2, 0) is 14.1 Å². The molecular formula is C16H22BNO4. The summed E-state index contributed by atoms with van der Waals surface area (Å²) in [6, 6.07) is 5.61. The Kier molecular flexibility index (Phi) is 3.40. The van der Waals surface area contributed by atoms with E-state index in [1.54, 1.807) is 11.9 Å². The van der Waals surface area contributed by atoms with Gasteiger partial charge >= 0.3 is 7.12 Å². The molecule has 6 heteroatoms. The predicted octanol–water partition coefficient (Wildman–Crippen LogP) is 1.39. The largest absolute Gasteiger partial charge is 0.494 e. The van der Waals surface area contributed by atoms with Crippen molar-refractivity contribution >= 4 is 24.2 Å². The monoisotopic (exact) mass is 303 g/mol. The second kappa shape index (κ2) is 4.81. The van der Waals surface area contributed by atoms with Gasteiger partial charge in [0.2, 0.25) is 5.91 Å². The maximum atomic E-state index is 11.8. The Morgan fingerprint density at radius 1 is 1.23 bits per heavy atom. The van der Waals surface area contributed by atoms with Gasteiger partial charge in [-0.3, -0.25) is 4.79 Å². The minimum Gasteiger partial charge on any atom is -0.399 e. The number of benzene rings is 1. The van der Waals surface area contributed by atoms with E-state index in [1.165, 1.54) is 0 Å². The van der Waals surface area contributed by atoms with Crippen LogP contribution in [0, 0.1) is 0 Å². The summed E-state index contributed by atoms with van der Waals surface area (Å²) in [6.07, 6.45) is -0.669. The molecule has 1 saturated heterocycles. The Morgan fingerprint density at radius 3 is 2.41 bits per heavy atom. The first-order valence-electron chi connectivity index (χ1n) is 7.56. The molecule has 1 N–H and O–H groups in total. The van der Waals surface area contributed by atoms with Crippen molar-refractivity contribution in [3.05, 3.63) is 23.8 Å². The van der Waals surface area contributed by atoms with Gasteiger partial charge in [-0.25, -0.2) is 0 Å². The number of fused-ring (bicyclic) bond motifs is 1. The molecule has 1 amide bonds. The molecule has 2 aliphatic rings. The van der Waals surface area contributed by atoms with Crippen LogP contribution in [0.25, 0.3) is 0 Å². The van der Waals surface area contributed by atoms with E-state index in [2.05, 4.69) is 0 Å². The topological polar surface area (TPSA) is 59.0 Å². The molecule has 0 saturated carbocycles. The normalized spacial score (nSPS) is 26.3. The molecule has 1 fully saturated rings. The molecule has 1 aromatic carbocycles. The third kappa shape index (κ3) is 2.26. The number of anilines is 1. The van der Waals surface area contributed by atoms with Gasteiger partial charge < -0.3 is 19.3 Å². The molecule has 0 aliphatic carbocycles. The average Bonchev–Trinajstić information content (AvgIpc) is 2.64. The number of nitrogens with zero attached hydrogens (tertiary/aromatic N) is 1. The average molecular weight is 303 g/mol. The number of hydrogen-bond acceptors (Lipinski definition) is 4. The quantitative estimate of drug-likeness (QED) is 0.797. The van der Waals surface area contributed by atoms with Gasteiger partial charge in [0.05, 0.1) is 23.7 Å². The lowest BCUT2D eigenvalue weighted by Gasteiger charge is -2.32. The summed E-state index contributed by atoms with van der Waals surface area (Å²) >= 11 is 0. The van der Waals surface area contributed by atoms with Crippen LogP contribution in [0.1, 0.15) is 45.8 Å². The van der Waals surface area contributed by atoms with Gasteiger partial charge in [0.1, 0.15) is 0 Å². The highest BCUT2D eigenvalue weighted by Gasteiger charge is 2.51. The molecule has 1 atom stereocenters. The third-order valence-corrected chi connectivity index (χ3v) is 5.04. The molecule has 0 aromatic heterocycles. The van der Waals surface area contributed by atoms with Crippen molar-refractivity contribution in [1.82, 2.24) is 0 Å². The number of amides is 1. The molecular weight excluding hydrogens is 281 g/mol. The highest BCUT2D eigenvalue weighted by Crippen LogP contribution is 2.38. The van der Waals surface area contributed by atoms with Gasteiger partial charge in [-0.1, -0.05) is 12.1 Å². The zero-order chi connectivity index (χ0) is 16.3. The van der Waals surface area contributed by atoms with Gasteiger partial charge in [-0.2, -0.15) is 0 Å². The molecule has 118 valence electrons. The lowest BCUT2D eigenvalue weighted by atomic mass is 9.77. The molecule has 1 aromatic rings. The van der Waals surface area contributed by atoms with Crippen molar-refractivity contribution in [1.29, 1.82) is 0 Å². The molecule has 2 aliphatic heterocycles. The van der Waals surface area contributed by atoms with Gasteiger partial charge in [-0.05, 0) is 39.2 Å². The molecule has 0 spiro atoms. The molecule has 0 bridgehead atoms. The van der Waals surface area contributed by atoms with Crippen molar-refractivity contribution < 1.29 is 19.2 Å². The van der Waals surface area contributed by atoms with Crippen LogP contribution in [0.2, 0.25) is 0 Å². The number of carbonyl (C=O) groups excluding carboxylic acids is 1. The summed E-state index contributed by atoms with van der Waals surface area (Å²) in [6.45, 7) is 8.03. The Labute approximate surface area is 131 Å². The number of hydrogen-bond donors (Lipinski definition) is 1. The van der Waals surface area contributed by atoms with E-state index in [9.17, 15) is 9.90 Å². The van der Waals surface area contributed by atoms with E-state index in [0.717, 1.165) is 16.7 Å². The Bertz CT molecular complexity index is 613. The van der Waals surface area contributed by atoms with E-state index in [1.807, 2.05) is 45.9 Å². The lowest BCUT2D eigenvalue weighted by molar-refractivity contribution is -0.120. The molecule has 2 heterocycles. The molecule has 22 heavy (non-hydrogen) atoms. The number of aliphatic hydroxyl groups is 1. The predicted molar refractivity (Wildman–Crippen MR) is 85.1 cm³/mol. The van der Waals surface area contributed by atoms with Gasteiger partial charge in [0, 0.05) is 18.3 Å². The summed E-state index contributed by atoms with van der Waals surface area (Å²) < 4.78 is 12.1. The Balaban J connectivity index is 1.96. The van der Waals surface area contributed by atoms with Gasteiger partial charge in [0.25, 0.3) is 0 Å². The summed E-state index contributed by atoms with van der Waals surface area (Å²) in [4.78, 5) is 13.4. The Morgan fingerprint density at radius 2 is 1.82 bits per heavy atom. The summed E-state index contributed by atoms with van der Waals surface area (Å²) in [5.74, 6) is -0.0802. The molecule has 5 nitrogen and oxygen atoms in total. The lowest BCUT2D eigenvalue weighted by Crippen LogP contribution is -2.41. The second-order valence-corrected chi connectivity index (χ2v) is 7.08. The van der Waals surface area contributed by atoms with Gasteiger partial charge in [-0.15, -0.1) is 0 Å². The maximum absolute atomic E-state index is 11.8. The van der Waals surface area contributed by atoms with Crippen LogP contribution < -0.4 is 10.4 Å². The highest BCUT2D eigenvalue weighted by molar-refractivity contribution is 6.62. The summed E-state index contributed by atoms with van der Waals surface area (Å²) in [5, 5.41) is 10.2. The zero-order valence-corrected chi connectivity index (χ0v) is 13.7. The zero-order valence-electron chi connectivity index (χ0n) is 13.7. The van der Waals surface area contributed by atoms with Crippen LogP contribution in [0.5, 0.6) is 0 Å². The minimum absolute atomic E-state index is 0.0802. The van der Waals surface area contributed by atoms with Crippen LogP contribution >= 0.6 is 0 Å². The number of aliphatic hydroxyl groups excluding tert-OH is 1. The number of rotatable bonds is 1. The summed E-state index contributed by atoms with van der Waals surface area (Å²) in [7, 11) is 1.26. The molecule has 0 radical (unpaired) electrons. The molecule has 1 unspecified atom stereocenters. The van der Waals surface area contributed by atoms with E-state index in [0.29, 0.717) is 0 Å². The standard InChI is InChI=1S/C16H22BNO4/c1-15(2)16(3,4)22-17(21-15)10-6-7-12-11(8-10)13(19)9-14(20)18(12)5/h6-8,13,19H,9H2,1-5H3. The maximum Gasteiger partial charge on any atom is 0.494 e. The van der Waals surface area contributed by atoms with Crippen LogP contribution in [0.4, 0.5) is 5.69 Å². The van der Waals surface area contributed by atoms with Crippen LogP contribution in [-0.4, -0.2) is 36.4 Å². The second-order valence-electron chi connectivity index (χ2n) is 7.08. The molecule has 3 rings (SSSR count). The van der Waals surface area contributed by atoms with Gasteiger partial charge in [0.15, 0.2) is 0 Å². The first-order chi connectivity index (χ1) is 10.1. The van der Waals surface area contributed by atoms with E-state index in [4.69, 9.17) is 9.31 Å². The SMILES string of the molecule is CN1C(=O)CC(O)c2cc(B3OC(C)(C)C(C)(C)O3)ccc21. The highest BCUT2D eigenvalue weighted by atomic mass is 16.7. The van der Waals surface area contributed by atoms with Crippen molar-refractivity contribution in [2.45, 2.75) is 51.4 Å². The van der Waals surface area contributed by atoms with Crippen molar-refractivity contribution in [2.24, 2.45) is 0 Å². The van der Waals surface area contributed by atoms with Crippen molar-refractivity contribution in [2.75, 3.05) is 11.9 Å². The van der Waals surface area contributed by atoms with E-state index in [-0.39, 0.29) is 12.3 Å². The first kappa shape index (κ1) is 15.5. The Hall–Kier alpha value is -1.37. The van der Waals surface area contributed by atoms with Crippen molar-refractivity contribution in [3.8, 4) is 0 Å². The van der Waals surface area contributed by atoms with E-state index < -0.39 is 24.4 Å².